The Morgan fingerprint density at radius 2 is 1.89 bits per heavy atom. The van der Waals surface area contributed by atoms with E-state index in [1.54, 1.807) is 30.0 Å². The van der Waals surface area contributed by atoms with Crippen LogP contribution in [0.4, 0.5) is 11.6 Å². The minimum atomic E-state index is -0.554. The molecule has 0 unspecified atom stereocenters. The number of benzene rings is 3. The highest BCUT2D eigenvalue weighted by Crippen LogP contribution is 2.37. The molecule has 2 heterocycles. The molecule has 3 aromatic carbocycles. The Morgan fingerprint density at radius 3 is 2.68 bits per heavy atom. The number of anilines is 2. The minimum absolute atomic E-state index is 0.309. The van der Waals surface area contributed by atoms with Crippen LogP contribution in [0.25, 0.3) is 0 Å². The van der Waals surface area contributed by atoms with Crippen LogP contribution in [0.15, 0.2) is 84.3 Å². The zero-order chi connectivity index (χ0) is 26.6. The van der Waals surface area contributed by atoms with Crippen molar-refractivity contribution in [2.45, 2.75) is 19.6 Å². The standard InChI is InChI=1S/C28H26ClN5O4/c1-17-25(27(35)33-23-12-11-20(36-2)14-24(23)37-3)26(34-28(32-17)30-16-31-34)18-8-6-9-21(13-18)38-15-19-7-4-5-10-22(19)29/h4-14,16,26H,15H2,1-3H3,(H,33,35)(H,30,31,32)/t26-/m0/s1. The zero-order valence-electron chi connectivity index (χ0n) is 21.1. The van der Waals surface area contributed by atoms with Crippen molar-refractivity contribution in [1.82, 2.24) is 14.8 Å². The normalized spacial score (nSPS) is 14.4. The molecule has 2 N–H and O–H groups in total. The summed E-state index contributed by atoms with van der Waals surface area (Å²) in [5.74, 6) is 1.96. The van der Waals surface area contributed by atoms with Gasteiger partial charge in [-0.05, 0) is 42.8 Å². The van der Waals surface area contributed by atoms with Gasteiger partial charge in [-0.15, -0.1) is 0 Å². The maximum atomic E-state index is 13.7. The lowest BCUT2D eigenvalue weighted by molar-refractivity contribution is -0.113. The molecule has 0 saturated heterocycles. The topological polar surface area (TPSA) is 99.5 Å². The Morgan fingerprint density at radius 1 is 1.05 bits per heavy atom. The first kappa shape index (κ1) is 25.2. The van der Waals surface area contributed by atoms with Gasteiger partial charge in [0.05, 0.1) is 25.5 Å². The lowest BCUT2D eigenvalue weighted by Gasteiger charge is -2.29. The molecule has 0 spiro atoms. The molecular weight excluding hydrogens is 506 g/mol. The molecule has 1 aromatic heterocycles. The number of fused-ring (bicyclic) bond motifs is 1. The lowest BCUT2D eigenvalue weighted by Crippen LogP contribution is -2.31. The maximum absolute atomic E-state index is 13.7. The van der Waals surface area contributed by atoms with Crippen LogP contribution in [0, 0.1) is 0 Å². The number of ether oxygens (including phenoxy) is 3. The van der Waals surface area contributed by atoms with E-state index in [2.05, 4.69) is 20.7 Å². The number of nitrogens with one attached hydrogen (secondary N) is 2. The van der Waals surface area contributed by atoms with Gasteiger partial charge in [-0.25, -0.2) is 4.68 Å². The molecule has 0 fully saturated rings. The largest absolute Gasteiger partial charge is 0.497 e. The molecule has 10 heteroatoms. The van der Waals surface area contributed by atoms with Crippen molar-refractivity contribution in [1.29, 1.82) is 0 Å². The van der Waals surface area contributed by atoms with Crippen LogP contribution < -0.4 is 24.8 Å². The van der Waals surface area contributed by atoms with E-state index in [9.17, 15) is 4.79 Å². The number of carbonyl (C=O) groups excluding carboxylic acids is 1. The Hall–Kier alpha value is -4.50. The molecule has 1 atom stereocenters. The van der Waals surface area contributed by atoms with E-state index < -0.39 is 6.04 Å². The predicted octanol–water partition coefficient (Wildman–Crippen LogP) is 5.46. The molecule has 0 aliphatic carbocycles. The third kappa shape index (κ3) is 5.01. The lowest BCUT2D eigenvalue weighted by atomic mass is 9.94. The first-order valence-electron chi connectivity index (χ1n) is 11.9. The highest BCUT2D eigenvalue weighted by molar-refractivity contribution is 6.31. The van der Waals surface area contributed by atoms with E-state index in [1.807, 2.05) is 55.5 Å². The summed E-state index contributed by atoms with van der Waals surface area (Å²) in [6, 6.07) is 19.8. The summed E-state index contributed by atoms with van der Waals surface area (Å²) in [5, 5.41) is 11.2. The van der Waals surface area contributed by atoms with Gasteiger partial charge in [-0.3, -0.25) is 4.79 Å². The molecule has 9 nitrogen and oxygen atoms in total. The molecule has 1 aliphatic heterocycles. The smallest absolute Gasteiger partial charge is 0.255 e. The number of amides is 1. The van der Waals surface area contributed by atoms with E-state index in [1.165, 1.54) is 13.4 Å². The van der Waals surface area contributed by atoms with Gasteiger partial charge in [-0.1, -0.05) is 41.9 Å². The quantitative estimate of drug-likeness (QED) is 0.311. The fraction of sp³-hybridized carbons (Fsp3) is 0.179. The number of hydrogen-bond acceptors (Lipinski definition) is 7. The van der Waals surface area contributed by atoms with Crippen LogP contribution in [0.2, 0.25) is 5.02 Å². The summed E-state index contributed by atoms with van der Waals surface area (Å²) in [6.07, 6.45) is 1.45. The number of carbonyl (C=O) groups is 1. The summed E-state index contributed by atoms with van der Waals surface area (Å²) < 4.78 is 18.5. The van der Waals surface area contributed by atoms with Gasteiger partial charge in [0, 0.05) is 22.3 Å². The van der Waals surface area contributed by atoms with Gasteiger partial charge < -0.3 is 24.8 Å². The molecule has 1 amide bonds. The van der Waals surface area contributed by atoms with Crippen LogP contribution in [0.3, 0.4) is 0 Å². The highest BCUT2D eigenvalue weighted by atomic mass is 35.5. The van der Waals surface area contributed by atoms with Crippen LogP contribution >= 0.6 is 11.6 Å². The Labute approximate surface area is 225 Å². The Bertz CT molecular complexity index is 1520. The summed E-state index contributed by atoms with van der Waals surface area (Å²) in [4.78, 5) is 18.1. The van der Waals surface area contributed by atoms with Crippen molar-refractivity contribution in [3.63, 3.8) is 0 Å². The second-order valence-corrected chi connectivity index (χ2v) is 8.97. The monoisotopic (exact) mass is 531 g/mol. The van der Waals surface area contributed by atoms with E-state index in [0.717, 1.165) is 11.1 Å². The van der Waals surface area contributed by atoms with Gasteiger partial charge in [0.25, 0.3) is 5.91 Å². The SMILES string of the molecule is COc1ccc(NC(=O)C2=C(C)Nc3ncnn3[C@H]2c2cccc(OCc3ccccc3Cl)c2)c(OC)c1. The molecule has 5 rings (SSSR count). The van der Waals surface area contributed by atoms with Crippen LogP contribution in [0.1, 0.15) is 24.1 Å². The molecule has 38 heavy (non-hydrogen) atoms. The Kier molecular flexibility index (Phi) is 7.19. The minimum Gasteiger partial charge on any atom is -0.497 e. The van der Waals surface area contributed by atoms with E-state index >= 15 is 0 Å². The molecule has 0 saturated carbocycles. The number of allylic oxidation sites excluding steroid dienone is 1. The molecule has 0 radical (unpaired) electrons. The van der Waals surface area contributed by atoms with Crippen molar-refractivity contribution in [3.8, 4) is 17.2 Å². The van der Waals surface area contributed by atoms with Gasteiger partial charge >= 0.3 is 0 Å². The number of aromatic nitrogens is 3. The van der Waals surface area contributed by atoms with Crippen LogP contribution in [-0.2, 0) is 11.4 Å². The molecule has 1 aliphatic rings. The summed E-state index contributed by atoms with van der Waals surface area (Å²) in [6.45, 7) is 2.15. The van der Waals surface area contributed by atoms with E-state index in [0.29, 0.717) is 51.8 Å². The van der Waals surface area contributed by atoms with E-state index in [-0.39, 0.29) is 5.91 Å². The van der Waals surface area contributed by atoms with Crippen LogP contribution in [-0.4, -0.2) is 34.9 Å². The summed E-state index contributed by atoms with van der Waals surface area (Å²) in [7, 11) is 3.11. The molecular formula is C28H26ClN5O4. The van der Waals surface area contributed by atoms with Crippen molar-refractivity contribution in [2.24, 2.45) is 0 Å². The van der Waals surface area contributed by atoms with Gasteiger partial charge in [0.1, 0.15) is 36.2 Å². The van der Waals surface area contributed by atoms with Crippen molar-refractivity contribution in [2.75, 3.05) is 24.9 Å². The Balaban J connectivity index is 1.47. The summed E-state index contributed by atoms with van der Waals surface area (Å²) in [5.41, 5.74) is 3.33. The molecule has 4 aromatic rings. The van der Waals surface area contributed by atoms with Gasteiger partial charge in [0.2, 0.25) is 5.95 Å². The van der Waals surface area contributed by atoms with Crippen molar-refractivity contribution in [3.05, 3.63) is 100 Å². The number of hydrogen-bond donors (Lipinski definition) is 2. The zero-order valence-corrected chi connectivity index (χ0v) is 21.8. The number of rotatable bonds is 8. The van der Waals surface area contributed by atoms with Gasteiger partial charge in [0.15, 0.2) is 0 Å². The number of nitrogens with zero attached hydrogens (tertiary/aromatic N) is 3. The first-order valence-corrected chi connectivity index (χ1v) is 12.2. The molecule has 0 bridgehead atoms. The average molecular weight is 532 g/mol. The maximum Gasteiger partial charge on any atom is 0.255 e. The number of methoxy groups -OCH3 is 2. The second-order valence-electron chi connectivity index (χ2n) is 8.57. The third-order valence-corrected chi connectivity index (χ3v) is 6.59. The van der Waals surface area contributed by atoms with E-state index in [4.69, 9.17) is 25.8 Å². The van der Waals surface area contributed by atoms with Crippen molar-refractivity contribution >= 4 is 29.1 Å². The predicted molar refractivity (Wildman–Crippen MR) is 145 cm³/mol. The highest BCUT2D eigenvalue weighted by Gasteiger charge is 2.34. The average Bonchev–Trinajstić information content (AvgIpc) is 3.40. The van der Waals surface area contributed by atoms with Crippen LogP contribution in [0.5, 0.6) is 17.2 Å². The fourth-order valence-corrected chi connectivity index (χ4v) is 4.53. The van der Waals surface area contributed by atoms with Gasteiger partial charge in [-0.2, -0.15) is 10.1 Å². The first-order chi connectivity index (χ1) is 18.5. The molecule has 194 valence electrons. The fourth-order valence-electron chi connectivity index (χ4n) is 4.34. The number of halogens is 1. The summed E-state index contributed by atoms with van der Waals surface area (Å²) >= 11 is 6.29. The second kappa shape index (κ2) is 10.9. The third-order valence-electron chi connectivity index (χ3n) is 6.22. The van der Waals surface area contributed by atoms with Crippen molar-refractivity contribution < 1.29 is 19.0 Å².